The van der Waals surface area contributed by atoms with Gasteiger partial charge in [0.25, 0.3) is 0 Å². The van der Waals surface area contributed by atoms with Crippen LogP contribution in [0.3, 0.4) is 0 Å². The molecule has 0 amide bonds. The van der Waals surface area contributed by atoms with Crippen molar-refractivity contribution >= 4 is 24.4 Å². The number of aryl methyl sites for hydroxylation is 1. The Morgan fingerprint density at radius 2 is 2.12 bits per heavy atom. The van der Waals surface area contributed by atoms with Gasteiger partial charge in [-0.3, -0.25) is 15.4 Å². The molecule has 6 nitrogen and oxygen atoms in total. The zero-order chi connectivity index (χ0) is 18.5. The van der Waals surface area contributed by atoms with Crippen LogP contribution in [0.2, 0.25) is 0 Å². The van der Waals surface area contributed by atoms with E-state index in [1.807, 2.05) is 33.2 Å². The first-order chi connectivity index (χ1) is 12.2. The van der Waals surface area contributed by atoms with E-state index >= 15 is 0 Å². The summed E-state index contributed by atoms with van der Waals surface area (Å²) in [6, 6.07) is 2.00. The van der Waals surface area contributed by atoms with Crippen molar-refractivity contribution in [2.75, 3.05) is 26.0 Å². The van der Waals surface area contributed by atoms with Crippen LogP contribution < -0.4 is 16.0 Å². The van der Waals surface area contributed by atoms with E-state index in [1.54, 1.807) is 6.20 Å². The molecule has 136 valence electrons. The first-order valence-electron chi connectivity index (χ1n) is 8.59. The van der Waals surface area contributed by atoms with Gasteiger partial charge in [-0.05, 0) is 58.6 Å². The van der Waals surface area contributed by atoms with E-state index in [0.29, 0.717) is 0 Å². The highest BCUT2D eigenvalue weighted by Crippen LogP contribution is 2.23. The van der Waals surface area contributed by atoms with Crippen molar-refractivity contribution in [3.05, 3.63) is 41.4 Å². The van der Waals surface area contributed by atoms with Gasteiger partial charge in [0.05, 0.1) is 23.9 Å². The van der Waals surface area contributed by atoms with Crippen LogP contribution in [-0.4, -0.2) is 38.7 Å². The maximum Gasteiger partial charge on any atom is 0.0835 e. The van der Waals surface area contributed by atoms with Gasteiger partial charge < -0.3 is 16.0 Å². The second-order valence-corrected chi connectivity index (χ2v) is 5.70. The van der Waals surface area contributed by atoms with Crippen molar-refractivity contribution in [1.82, 2.24) is 15.6 Å². The zero-order valence-corrected chi connectivity index (χ0v) is 15.5. The highest BCUT2D eigenvalue weighted by molar-refractivity contribution is 5.74. The van der Waals surface area contributed by atoms with Gasteiger partial charge in [0.1, 0.15) is 0 Å². The molecule has 0 spiro atoms. The smallest absolute Gasteiger partial charge is 0.0835 e. The maximum absolute atomic E-state index is 7.33. The van der Waals surface area contributed by atoms with Gasteiger partial charge in [-0.15, -0.1) is 0 Å². The molecule has 0 aromatic carbocycles. The summed E-state index contributed by atoms with van der Waals surface area (Å²) in [5.41, 5.74) is 4.32. The molecule has 1 rings (SSSR count). The summed E-state index contributed by atoms with van der Waals surface area (Å²) >= 11 is 0. The first-order valence-corrected chi connectivity index (χ1v) is 8.59. The van der Waals surface area contributed by atoms with Crippen molar-refractivity contribution in [3.8, 4) is 0 Å². The maximum atomic E-state index is 7.33. The number of hydrogen-bond acceptors (Lipinski definition) is 5. The number of allylic oxidation sites excluding steroid dienone is 2. The van der Waals surface area contributed by atoms with Gasteiger partial charge >= 0.3 is 0 Å². The molecule has 0 aliphatic rings. The van der Waals surface area contributed by atoms with Crippen LogP contribution in [0.4, 0.5) is 5.69 Å². The Balaban J connectivity index is 2.93. The van der Waals surface area contributed by atoms with Crippen molar-refractivity contribution < 1.29 is 0 Å². The van der Waals surface area contributed by atoms with Gasteiger partial charge in [0.15, 0.2) is 0 Å². The van der Waals surface area contributed by atoms with Gasteiger partial charge in [-0.1, -0.05) is 12.5 Å². The minimum Gasteiger partial charge on any atom is -0.387 e. The van der Waals surface area contributed by atoms with Crippen LogP contribution in [0.25, 0.3) is 5.70 Å². The van der Waals surface area contributed by atoms with E-state index in [0.717, 1.165) is 47.7 Å². The summed E-state index contributed by atoms with van der Waals surface area (Å²) in [6.07, 6.45) is 11.4. The second kappa shape index (κ2) is 12.0. The van der Waals surface area contributed by atoms with Crippen molar-refractivity contribution in [1.29, 1.82) is 5.41 Å². The number of aromatic nitrogens is 1. The third kappa shape index (κ3) is 7.30. The molecule has 0 saturated carbocycles. The molecular weight excluding hydrogens is 312 g/mol. The van der Waals surface area contributed by atoms with E-state index in [2.05, 4.69) is 38.7 Å². The third-order valence-electron chi connectivity index (χ3n) is 3.85. The molecule has 1 aromatic rings. The standard InChI is InChI=1S/C19H30N6/c1-15-18(11-17(22-3)13-24-15)19(23-4)12-16(25-14-20)9-7-5-6-8-10-21-2/h9,11-14,21-22H,4-8,10H2,1-3H3,(H2,20,25)/b16-9+,19-12-. The number of nitrogens with zero attached hydrogens (tertiary/aromatic N) is 2. The predicted molar refractivity (Wildman–Crippen MR) is 108 cm³/mol. The van der Waals surface area contributed by atoms with Crippen LogP contribution in [0.5, 0.6) is 0 Å². The quantitative estimate of drug-likeness (QED) is 0.203. The molecular formula is C19H30N6. The van der Waals surface area contributed by atoms with Crippen LogP contribution >= 0.6 is 0 Å². The number of anilines is 1. The van der Waals surface area contributed by atoms with E-state index < -0.39 is 0 Å². The molecule has 0 atom stereocenters. The number of hydrogen-bond donors (Lipinski definition) is 4. The summed E-state index contributed by atoms with van der Waals surface area (Å²) in [4.78, 5) is 8.56. The number of unbranched alkanes of at least 4 members (excludes halogenated alkanes) is 3. The number of nitrogens with one attached hydrogen (secondary N) is 4. The first kappa shape index (κ1) is 20.6. The highest BCUT2D eigenvalue weighted by atomic mass is 14.9. The Bertz CT molecular complexity index is 618. The normalized spacial score (nSPS) is 12.0. The summed E-state index contributed by atoms with van der Waals surface area (Å²) in [7, 11) is 3.83. The Hall–Kier alpha value is -2.47. The van der Waals surface area contributed by atoms with Gasteiger partial charge in [-0.2, -0.15) is 0 Å². The fraction of sp³-hybridized carbons (Fsp3) is 0.421. The van der Waals surface area contributed by atoms with Gasteiger partial charge in [0, 0.05) is 24.0 Å². The molecule has 4 N–H and O–H groups in total. The molecule has 0 radical (unpaired) electrons. The molecule has 0 bridgehead atoms. The lowest BCUT2D eigenvalue weighted by Gasteiger charge is -2.10. The van der Waals surface area contributed by atoms with Gasteiger partial charge in [-0.25, -0.2) is 0 Å². The fourth-order valence-electron chi connectivity index (χ4n) is 2.41. The van der Waals surface area contributed by atoms with Crippen LogP contribution in [-0.2, 0) is 0 Å². The Labute approximate surface area is 151 Å². The molecule has 6 heteroatoms. The Morgan fingerprint density at radius 1 is 1.32 bits per heavy atom. The number of aliphatic imine (C=N–C) groups is 1. The second-order valence-electron chi connectivity index (χ2n) is 5.70. The van der Waals surface area contributed by atoms with Crippen LogP contribution in [0.1, 0.15) is 36.9 Å². The molecule has 0 aliphatic heterocycles. The van der Waals surface area contributed by atoms with E-state index in [1.165, 1.54) is 19.2 Å². The lowest BCUT2D eigenvalue weighted by Crippen LogP contribution is -2.09. The molecule has 1 aromatic heterocycles. The highest BCUT2D eigenvalue weighted by Gasteiger charge is 2.07. The van der Waals surface area contributed by atoms with Crippen LogP contribution in [0, 0.1) is 12.3 Å². The summed E-state index contributed by atoms with van der Waals surface area (Å²) in [6.45, 7) is 6.69. The SMILES string of the molecule is C=N/C(=C\C(=C/CCCCCNC)NC=N)c1cc(NC)cnc1C. The number of pyridine rings is 1. The van der Waals surface area contributed by atoms with Crippen molar-refractivity contribution in [2.24, 2.45) is 4.99 Å². The number of rotatable bonds is 12. The van der Waals surface area contributed by atoms with Crippen LogP contribution in [0.15, 0.2) is 35.1 Å². The molecule has 0 fully saturated rings. The summed E-state index contributed by atoms with van der Waals surface area (Å²) in [5.74, 6) is 0. The lowest BCUT2D eigenvalue weighted by atomic mass is 10.1. The topological polar surface area (TPSA) is 85.2 Å². The molecule has 0 saturated heterocycles. The summed E-state index contributed by atoms with van der Waals surface area (Å²) < 4.78 is 0. The monoisotopic (exact) mass is 342 g/mol. The fourth-order valence-corrected chi connectivity index (χ4v) is 2.41. The average Bonchev–Trinajstić information content (AvgIpc) is 2.63. The Kier molecular flexibility index (Phi) is 9.85. The molecule has 0 unspecified atom stereocenters. The van der Waals surface area contributed by atoms with Crippen molar-refractivity contribution in [2.45, 2.75) is 32.6 Å². The molecule has 0 aliphatic carbocycles. The van der Waals surface area contributed by atoms with E-state index in [4.69, 9.17) is 5.41 Å². The zero-order valence-electron chi connectivity index (χ0n) is 15.5. The van der Waals surface area contributed by atoms with E-state index in [-0.39, 0.29) is 0 Å². The lowest BCUT2D eigenvalue weighted by molar-refractivity contribution is 0.647. The van der Waals surface area contributed by atoms with Crippen molar-refractivity contribution in [3.63, 3.8) is 0 Å². The minimum absolute atomic E-state index is 0.734. The molecule has 1 heterocycles. The third-order valence-corrected chi connectivity index (χ3v) is 3.85. The minimum atomic E-state index is 0.734. The largest absolute Gasteiger partial charge is 0.387 e. The van der Waals surface area contributed by atoms with Gasteiger partial charge in [0.2, 0.25) is 0 Å². The van der Waals surface area contributed by atoms with E-state index in [9.17, 15) is 0 Å². The molecule has 25 heavy (non-hydrogen) atoms. The average molecular weight is 342 g/mol. The summed E-state index contributed by atoms with van der Waals surface area (Å²) in [5, 5.41) is 16.5. The predicted octanol–water partition coefficient (Wildman–Crippen LogP) is 3.33. The Morgan fingerprint density at radius 3 is 2.76 bits per heavy atom.